The van der Waals surface area contributed by atoms with Crippen LogP contribution < -0.4 is 5.73 Å². The fraction of sp³-hybridized carbons (Fsp3) is 0.889. The van der Waals surface area contributed by atoms with E-state index in [9.17, 15) is 4.79 Å². The zero-order chi connectivity index (χ0) is 9.14. The number of carbonyl (C=O) groups excluding carboxylic acids is 1. The molecule has 1 fully saturated rings. The van der Waals surface area contributed by atoms with Gasteiger partial charge in [-0.05, 0) is 12.8 Å². The summed E-state index contributed by atoms with van der Waals surface area (Å²) in [7, 11) is 0. The molecule has 1 aliphatic rings. The molecule has 0 aromatic carbocycles. The third-order valence-electron chi connectivity index (χ3n) is 2.35. The van der Waals surface area contributed by atoms with Gasteiger partial charge in [0, 0.05) is 25.0 Å². The molecule has 4 heteroatoms. The highest BCUT2D eigenvalue weighted by Gasteiger charge is 2.21. The van der Waals surface area contributed by atoms with Crippen LogP contribution >= 0.6 is 12.4 Å². The van der Waals surface area contributed by atoms with E-state index < -0.39 is 0 Å². The van der Waals surface area contributed by atoms with Gasteiger partial charge in [0.15, 0.2) is 0 Å². The van der Waals surface area contributed by atoms with Gasteiger partial charge in [-0.15, -0.1) is 12.4 Å². The van der Waals surface area contributed by atoms with Crippen molar-refractivity contribution in [1.82, 2.24) is 4.90 Å². The number of rotatable bonds is 1. The Kier molecular flexibility index (Phi) is 5.33. The summed E-state index contributed by atoms with van der Waals surface area (Å²) in [6.07, 6.45) is 1.91. The summed E-state index contributed by atoms with van der Waals surface area (Å²) in [5.74, 6) is 0.390. The molecule has 1 aliphatic heterocycles. The SMILES string of the molecule is CC(C)C(=O)N1CCC(N)CC1.Cl. The highest BCUT2D eigenvalue weighted by Crippen LogP contribution is 2.11. The van der Waals surface area contributed by atoms with Crippen molar-refractivity contribution in [2.45, 2.75) is 32.7 Å². The van der Waals surface area contributed by atoms with Crippen LogP contribution in [0.3, 0.4) is 0 Å². The lowest BCUT2D eigenvalue weighted by atomic mass is 10.0. The fourth-order valence-electron chi connectivity index (χ4n) is 1.48. The first-order valence-electron chi connectivity index (χ1n) is 4.65. The number of likely N-dealkylation sites (tertiary alicyclic amines) is 1. The molecule has 78 valence electrons. The van der Waals surface area contributed by atoms with Crippen LogP contribution in [0.25, 0.3) is 0 Å². The molecule has 2 N–H and O–H groups in total. The molecule has 1 saturated heterocycles. The normalized spacial score (nSPS) is 18.6. The average Bonchev–Trinajstić information content (AvgIpc) is 2.04. The maximum atomic E-state index is 11.5. The minimum atomic E-state index is 0. The van der Waals surface area contributed by atoms with Crippen LogP contribution in [-0.2, 0) is 4.79 Å². The minimum Gasteiger partial charge on any atom is -0.342 e. The van der Waals surface area contributed by atoms with Crippen LogP contribution in [0, 0.1) is 5.92 Å². The zero-order valence-corrected chi connectivity index (χ0v) is 9.14. The van der Waals surface area contributed by atoms with E-state index in [2.05, 4.69) is 0 Å². The number of halogens is 1. The second kappa shape index (κ2) is 5.45. The van der Waals surface area contributed by atoms with E-state index in [1.165, 1.54) is 0 Å². The van der Waals surface area contributed by atoms with Crippen LogP contribution in [0.15, 0.2) is 0 Å². The summed E-state index contributed by atoms with van der Waals surface area (Å²) in [6.45, 7) is 5.57. The molecular weight excluding hydrogens is 188 g/mol. The summed E-state index contributed by atoms with van der Waals surface area (Å²) >= 11 is 0. The lowest BCUT2D eigenvalue weighted by molar-refractivity contribution is -0.135. The third kappa shape index (κ3) is 3.53. The van der Waals surface area contributed by atoms with Gasteiger partial charge in [0.2, 0.25) is 5.91 Å². The molecule has 0 aromatic heterocycles. The number of hydrogen-bond donors (Lipinski definition) is 1. The van der Waals surface area contributed by atoms with E-state index in [1.807, 2.05) is 18.7 Å². The molecule has 1 amide bonds. The highest BCUT2D eigenvalue weighted by atomic mass is 35.5. The van der Waals surface area contributed by atoms with E-state index in [4.69, 9.17) is 5.73 Å². The number of carbonyl (C=O) groups is 1. The Morgan fingerprint density at radius 3 is 2.23 bits per heavy atom. The molecule has 0 saturated carbocycles. The van der Waals surface area contributed by atoms with Crippen LogP contribution in [0.4, 0.5) is 0 Å². The van der Waals surface area contributed by atoms with Crippen molar-refractivity contribution in [2.75, 3.05) is 13.1 Å². The van der Waals surface area contributed by atoms with E-state index in [0.29, 0.717) is 6.04 Å². The topological polar surface area (TPSA) is 46.3 Å². The average molecular weight is 207 g/mol. The number of hydrogen-bond acceptors (Lipinski definition) is 2. The fourth-order valence-corrected chi connectivity index (χ4v) is 1.48. The number of piperidine rings is 1. The van der Waals surface area contributed by atoms with Gasteiger partial charge in [-0.2, -0.15) is 0 Å². The van der Waals surface area contributed by atoms with Crippen LogP contribution in [0.5, 0.6) is 0 Å². The molecule has 0 radical (unpaired) electrons. The quantitative estimate of drug-likeness (QED) is 0.696. The number of amides is 1. The molecule has 0 bridgehead atoms. The largest absolute Gasteiger partial charge is 0.342 e. The second-order valence-corrected chi connectivity index (χ2v) is 3.82. The number of nitrogens with two attached hydrogens (primary N) is 1. The predicted octanol–water partition coefficient (Wildman–Crippen LogP) is 1.01. The smallest absolute Gasteiger partial charge is 0.225 e. The van der Waals surface area contributed by atoms with Crippen molar-refractivity contribution in [3.8, 4) is 0 Å². The van der Waals surface area contributed by atoms with E-state index in [1.54, 1.807) is 0 Å². The van der Waals surface area contributed by atoms with Gasteiger partial charge in [0.05, 0.1) is 0 Å². The maximum absolute atomic E-state index is 11.5. The number of nitrogens with zero attached hydrogens (tertiary/aromatic N) is 1. The third-order valence-corrected chi connectivity index (χ3v) is 2.35. The first kappa shape index (κ1) is 12.7. The molecule has 0 unspecified atom stereocenters. The van der Waals surface area contributed by atoms with Crippen molar-refractivity contribution in [1.29, 1.82) is 0 Å². The van der Waals surface area contributed by atoms with E-state index in [0.717, 1.165) is 25.9 Å². The van der Waals surface area contributed by atoms with Crippen molar-refractivity contribution in [2.24, 2.45) is 11.7 Å². The molecule has 1 heterocycles. The lowest BCUT2D eigenvalue weighted by Gasteiger charge is -2.31. The van der Waals surface area contributed by atoms with Gasteiger partial charge in [-0.3, -0.25) is 4.79 Å². The first-order chi connectivity index (χ1) is 5.61. The highest BCUT2D eigenvalue weighted by molar-refractivity contribution is 5.85. The Morgan fingerprint density at radius 1 is 1.38 bits per heavy atom. The van der Waals surface area contributed by atoms with Crippen molar-refractivity contribution >= 4 is 18.3 Å². The molecule has 0 aromatic rings. The Morgan fingerprint density at radius 2 is 1.85 bits per heavy atom. The second-order valence-electron chi connectivity index (χ2n) is 3.82. The molecule has 0 aliphatic carbocycles. The molecule has 3 nitrogen and oxygen atoms in total. The Labute approximate surface area is 86.1 Å². The van der Waals surface area contributed by atoms with Gasteiger partial charge in [-0.25, -0.2) is 0 Å². The Bertz CT molecular complexity index is 165. The molecule has 0 atom stereocenters. The van der Waals surface area contributed by atoms with Gasteiger partial charge >= 0.3 is 0 Å². The molecule has 1 rings (SSSR count). The van der Waals surface area contributed by atoms with Crippen molar-refractivity contribution < 1.29 is 4.79 Å². The Hall–Kier alpha value is -0.280. The van der Waals surface area contributed by atoms with Gasteiger partial charge in [0.25, 0.3) is 0 Å². The monoisotopic (exact) mass is 206 g/mol. The Balaban J connectivity index is 0.00000144. The van der Waals surface area contributed by atoms with Crippen LogP contribution in [0.2, 0.25) is 0 Å². The van der Waals surface area contributed by atoms with E-state index in [-0.39, 0.29) is 24.2 Å². The standard InChI is InChI=1S/C9H18N2O.ClH/c1-7(2)9(12)11-5-3-8(10)4-6-11;/h7-8H,3-6,10H2,1-2H3;1H. The van der Waals surface area contributed by atoms with Gasteiger partial charge in [-0.1, -0.05) is 13.8 Å². The van der Waals surface area contributed by atoms with Gasteiger partial charge < -0.3 is 10.6 Å². The summed E-state index contributed by atoms with van der Waals surface area (Å²) in [5, 5.41) is 0. The molecule has 0 spiro atoms. The predicted molar refractivity (Wildman–Crippen MR) is 55.9 cm³/mol. The summed E-state index contributed by atoms with van der Waals surface area (Å²) < 4.78 is 0. The van der Waals surface area contributed by atoms with E-state index >= 15 is 0 Å². The summed E-state index contributed by atoms with van der Waals surface area (Å²) in [6, 6.07) is 0.307. The van der Waals surface area contributed by atoms with Crippen molar-refractivity contribution in [3.63, 3.8) is 0 Å². The zero-order valence-electron chi connectivity index (χ0n) is 8.32. The van der Waals surface area contributed by atoms with Crippen molar-refractivity contribution in [3.05, 3.63) is 0 Å². The first-order valence-corrected chi connectivity index (χ1v) is 4.65. The molecular formula is C9H19ClN2O. The lowest BCUT2D eigenvalue weighted by Crippen LogP contribution is -2.44. The minimum absolute atomic E-state index is 0. The summed E-state index contributed by atoms with van der Waals surface area (Å²) in [4.78, 5) is 13.4. The summed E-state index contributed by atoms with van der Waals surface area (Å²) in [5.41, 5.74) is 5.74. The van der Waals surface area contributed by atoms with Crippen LogP contribution in [-0.4, -0.2) is 29.9 Å². The molecule has 13 heavy (non-hydrogen) atoms. The maximum Gasteiger partial charge on any atom is 0.225 e. The van der Waals surface area contributed by atoms with Gasteiger partial charge in [0.1, 0.15) is 0 Å². The van der Waals surface area contributed by atoms with Crippen LogP contribution in [0.1, 0.15) is 26.7 Å².